The average molecular weight is 281 g/mol. The molecule has 3 nitrogen and oxygen atoms in total. The number of hydrogen-bond acceptors (Lipinski definition) is 3. The van der Waals surface area contributed by atoms with Gasteiger partial charge in [-0.2, -0.15) is 5.26 Å². The average Bonchev–Trinajstić information content (AvgIpc) is 2.47. The highest BCUT2D eigenvalue weighted by Crippen LogP contribution is 2.26. The Hall–Kier alpha value is -1.04. The Morgan fingerprint density at radius 1 is 1.00 bits per heavy atom. The molecule has 0 spiro atoms. The molecule has 0 aromatic carbocycles. The van der Waals surface area contributed by atoms with Crippen molar-refractivity contribution in [3.8, 4) is 6.07 Å². The number of ether oxygens (including phenoxy) is 1. The van der Waals surface area contributed by atoms with E-state index in [1.165, 1.54) is 45.6 Å². The molecule has 0 N–H and O–H groups in total. The van der Waals surface area contributed by atoms with Gasteiger partial charge in [0.05, 0.1) is 13.2 Å². The van der Waals surface area contributed by atoms with E-state index in [0.29, 0.717) is 0 Å². The van der Waals surface area contributed by atoms with Crippen LogP contribution in [0, 0.1) is 23.2 Å². The molecule has 1 unspecified atom stereocenters. The van der Waals surface area contributed by atoms with Crippen LogP contribution in [0.5, 0.6) is 0 Å². The van der Waals surface area contributed by atoms with Crippen LogP contribution in [0.15, 0.2) is 0 Å². The predicted octanol–water partition coefficient (Wildman–Crippen LogP) is 4.86. The van der Waals surface area contributed by atoms with E-state index in [2.05, 4.69) is 19.9 Å². The molecule has 0 bridgehead atoms. The summed E-state index contributed by atoms with van der Waals surface area (Å²) in [5.41, 5.74) is 0. The van der Waals surface area contributed by atoms with Gasteiger partial charge in [0, 0.05) is 0 Å². The van der Waals surface area contributed by atoms with E-state index in [1.54, 1.807) is 0 Å². The molecular weight excluding hydrogens is 250 g/mol. The van der Waals surface area contributed by atoms with Gasteiger partial charge in [0.15, 0.2) is 0 Å². The van der Waals surface area contributed by atoms with E-state index in [9.17, 15) is 10.1 Å². The smallest absolute Gasteiger partial charge is 0.323 e. The molecule has 0 aliphatic carbocycles. The van der Waals surface area contributed by atoms with Gasteiger partial charge in [0.1, 0.15) is 5.92 Å². The second-order valence-corrected chi connectivity index (χ2v) is 5.59. The molecule has 0 aromatic rings. The van der Waals surface area contributed by atoms with E-state index < -0.39 is 5.92 Å². The summed E-state index contributed by atoms with van der Waals surface area (Å²) in [6, 6.07) is 2.16. The number of esters is 1. The Kier molecular flexibility index (Phi) is 12.3. The molecule has 0 rings (SSSR count). The van der Waals surface area contributed by atoms with Gasteiger partial charge < -0.3 is 4.74 Å². The minimum absolute atomic E-state index is 0.168. The summed E-state index contributed by atoms with van der Waals surface area (Å²) in [4.78, 5) is 11.7. The van der Waals surface area contributed by atoms with Crippen molar-refractivity contribution in [3.05, 3.63) is 0 Å². The van der Waals surface area contributed by atoms with Crippen molar-refractivity contribution in [3.63, 3.8) is 0 Å². The van der Waals surface area contributed by atoms with Crippen molar-refractivity contribution in [2.75, 3.05) is 7.11 Å². The molecule has 1 atom stereocenters. The summed E-state index contributed by atoms with van der Waals surface area (Å²) in [6.07, 6.45) is 11.4. The predicted molar refractivity (Wildman–Crippen MR) is 82.1 cm³/mol. The Morgan fingerprint density at radius 3 is 1.85 bits per heavy atom. The maximum absolute atomic E-state index is 11.7. The fraction of sp³-hybridized carbons (Fsp3) is 0.882. The van der Waals surface area contributed by atoms with Gasteiger partial charge >= 0.3 is 5.97 Å². The van der Waals surface area contributed by atoms with Crippen LogP contribution in [-0.2, 0) is 9.53 Å². The van der Waals surface area contributed by atoms with Crippen LogP contribution < -0.4 is 0 Å². The van der Waals surface area contributed by atoms with Crippen molar-refractivity contribution < 1.29 is 9.53 Å². The monoisotopic (exact) mass is 281 g/mol. The third-order valence-corrected chi connectivity index (χ3v) is 3.92. The number of nitriles is 1. The van der Waals surface area contributed by atoms with E-state index >= 15 is 0 Å². The number of rotatable bonds is 12. The minimum atomic E-state index is -0.580. The zero-order valence-corrected chi connectivity index (χ0v) is 13.5. The number of nitrogens with zero attached hydrogens (tertiary/aromatic N) is 1. The third kappa shape index (κ3) is 8.19. The number of carbonyl (C=O) groups excluding carboxylic acids is 1. The van der Waals surface area contributed by atoms with Crippen molar-refractivity contribution in [1.82, 2.24) is 0 Å². The number of carbonyl (C=O) groups is 1. The summed E-state index contributed by atoms with van der Waals surface area (Å²) in [6.45, 7) is 4.38. The van der Waals surface area contributed by atoms with Gasteiger partial charge in [-0.1, -0.05) is 65.2 Å². The third-order valence-electron chi connectivity index (χ3n) is 3.92. The topological polar surface area (TPSA) is 50.1 Å². The first-order valence-electron chi connectivity index (χ1n) is 8.18. The lowest BCUT2D eigenvalue weighted by atomic mass is 9.84. The highest BCUT2D eigenvalue weighted by atomic mass is 16.5. The van der Waals surface area contributed by atoms with Gasteiger partial charge in [-0.3, -0.25) is 4.79 Å². The van der Waals surface area contributed by atoms with Crippen LogP contribution in [0.2, 0.25) is 0 Å². The Labute approximate surface area is 124 Å². The first kappa shape index (κ1) is 19.0. The maximum Gasteiger partial charge on any atom is 0.323 e. The highest BCUT2D eigenvalue weighted by Gasteiger charge is 2.28. The molecule has 0 aliphatic heterocycles. The molecule has 0 fully saturated rings. The Bertz CT molecular complexity index is 271. The minimum Gasteiger partial charge on any atom is -0.468 e. The van der Waals surface area contributed by atoms with Gasteiger partial charge in [-0.25, -0.2) is 0 Å². The van der Waals surface area contributed by atoms with Crippen molar-refractivity contribution in [2.24, 2.45) is 11.8 Å². The standard InChI is InChI=1S/C17H31NO2/c1-4-6-8-10-12-15(13-11-9-7-5-2)16(14-18)17(19)20-3/h15-16H,4-13H2,1-3H3. The molecular formula is C17H31NO2. The molecule has 0 saturated carbocycles. The lowest BCUT2D eigenvalue weighted by molar-refractivity contribution is -0.145. The van der Waals surface area contributed by atoms with Crippen molar-refractivity contribution >= 4 is 5.97 Å². The lowest BCUT2D eigenvalue weighted by Gasteiger charge is -2.20. The molecule has 0 radical (unpaired) electrons. The van der Waals surface area contributed by atoms with Crippen LogP contribution in [0.1, 0.15) is 78.1 Å². The fourth-order valence-corrected chi connectivity index (χ4v) is 2.62. The number of hydrogen-bond donors (Lipinski definition) is 0. The van der Waals surface area contributed by atoms with Crippen LogP contribution in [-0.4, -0.2) is 13.1 Å². The van der Waals surface area contributed by atoms with Crippen LogP contribution in [0.4, 0.5) is 0 Å². The van der Waals surface area contributed by atoms with Crippen LogP contribution >= 0.6 is 0 Å². The fourth-order valence-electron chi connectivity index (χ4n) is 2.62. The van der Waals surface area contributed by atoms with E-state index in [1.807, 2.05) is 0 Å². The molecule has 0 aromatic heterocycles. The van der Waals surface area contributed by atoms with Gasteiger partial charge in [-0.15, -0.1) is 0 Å². The molecule has 0 amide bonds. The van der Waals surface area contributed by atoms with E-state index in [4.69, 9.17) is 4.74 Å². The van der Waals surface area contributed by atoms with Crippen LogP contribution in [0.25, 0.3) is 0 Å². The molecule has 20 heavy (non-hydrogen) atoms. The number of methoxy groups -OCH3 is 1. The normalized spacial score (nSPS) is 12.2. The quantitative estimate of drug-likeness (QED) is 0.379. The maximum atomic E-state index is 11.7. The first-order valence-corrected chi connectivity index (χ1v) is 8.18. The largest absolute Gasteiger partial charge is 0.468 e. The summed E-state index contributed by atoms with van der Waals surface area (Å²) in [5, 5.41) is 9.25. The first-order chi connectivity index (χ1) is 9.71. The Morgan fingerprint density at radius 2 is 1.50 bits per heavy atom. The number of unbranched alkanes of at least 4 members (excludes halogenated alkanes) is 6. The molecule has 3 heteroatoms. The van der Waals surface area contributed by atoms with Gasteiger partial charge in [0.25, 0.3) is 0 Å². The molecule has 0 aliphatic rings. The summed E-state index contributed by atoms with van der Waals surface area (Å²) in [7, 11) is 1.37. The zero-order valence-electron chi connectivity index (χ0n) is 13.5. The van der Waals surface area contributed by atoms with Crippen molar-refractivity contribution in [1.29, 1.82) is 5.26 Å². The van der Waals surface area contributed by atoms with Crippen LogP contribution in [0.3, 0.4) is 0 Å². The van der Waals surface area contributed by atoms with Gasteiger partial charge in [-0.05, 0) is 18.8 Å². The molecule has 116 valence electrons. The summed E-state index contributed by atoms with van der Waals surface area (Å²) >= 11 is 0. The second-order valence-electron chi connectivity index (χ2n) is 5.59. The highest BCUT2D eigenvalue weighted by molar-refractivity contribution is 5.75. The zero-order chi connectivity index (χ0) is 15.2. The summed E-state index contributed by atoms with van der Waals surface area (Å²) in [5.74, 6) is -0.770. The second kappa shape index (κ2) is 13.0. The SMILES string of the molecule is CCCCCCC(CCCCCC)C(C#N)C(=O)OC. The van der Waals surface area contributed by atoms with Crippen molar-refractivity contribution in [2.45, 2.75) is 78.1 Å². The van der Waals surface area contributed by atoms with E-state index in [-0.39, 0.29) is 11.9 Å². The van der Waals surface area contributed by atoms with Gasteiger partial charge in [0.2, 0.25) is 0 Å². The lowest BCUT2D eigenvalue weighted by Crippen LogP contribution is -2.24. The summed E-state index contributed by atoms with van der Waals surface area (Å²) < 4.78 is 4.78. The Balaban J connectivity index is 4.35. The molecule has 0 heterocycles. The molecule has 0 saturated heterocycles. The van der Waals surface area contributed by atoms with E-state index in [0.717, 1.165) is 25.7 Å².